The molecule has 1 unspecified atom stereocenters. The summed E-state index contributed by atoms with van der Waals surface area (Å²) in [4.78, 5) is 23.0. The van der Waals surface area contributed by atoms with Gasteiger partial charge in [-0.05, 0) is 42.0 Å². The molecule has 24 heavy (non-hydrogen) atoms. The molecule has 0 saturated heterocycles. The van der Waals surface area contributed by atoms with Crippen LogP contribution in [0.25, 0.3) is 5.69 Å². The zero-order valence-electron chi connectivity index (χ0n) is 13.8. The van der Waals surface area contributed by atoms with E-state index in [1.807, 2.05) is 19.9 Å². The minimum atomic E-state index is -0.153. The molecule has 2 amide bonds. The van der Waals surface area contributed by atoms with Gasteiger partial charge in [-0.25, -0.2) is 0 Å². The topological polar surface area (TPSA) is 102 Å². The molecule has 1 atom stereocenters. The average molecular weight is 348 g/mol. The first-order valence-corrected chi connectivity index (χ1v) is 8.56. The molecule has 1 aromatic heterocycles. The Morgan fingerprint density at radius 1 is 1.38 bits per heavy atom. The zero-order chi connectivity index (χ0) is 17.5. The normalized spacial score (nSPS) is 11.8. The molecule has 0 bridgehead atoms. The van der Waals surface area contributed by atoms with E-state index < -0.39 is 0 Å². The summed E-state index contributed by atoms with van der Waals surface area (Å²) < 4.78 is 1.53. The lowest BCUT2D eigenvalue weighted by Crippen LogP contribution is -2.33. The van der Waals surface area contributed by atoms with Gasteiger partial charge < -0.3 is 10.6 Å². The van der Waals surface area contributed by atoms with Gasteiger partial charge in [-0.1, -0.05) is 24.8 Å². The van der Waals surface area contributed by atoms with E-state index in [4.69, 9.17) is 0 Å². The van der Waals surface area contributed by atoms with Crippen LogP contribution in [0, 0.1) is 0 Å². The minimum Gasteiger partial charge on any atom is -0.353 e. The van der Waals surface area contributed by atoms with Crippen molar-refractivity contribution in [3.63, 3.8) is 0 Å². The van der Waals surface area contributed by atoms with E-state index in [9.17, 15) is 9.59 Å². The average Bonchev–Trinajstić information content (AvgIpc) is 3.01. The summed E-state index contributed by atoms with van der Waals surface area (Å²) in [7, 11) is 0. The molecule has 8 nitrogen and oxygen atoms in total. The fourth-order valence-electron chi connectivity index (χ4n) is 1.90. The summed E-state index contributed by atoms with van der Waals surface area (Å²) in [5, 5.41) is 17.7. The molecule has 9 heteroatoms. The van der Waals surface area contributed by atoms with E-state index in [2.05, 4.69) is 26.2 Å². The number of carbonyl (C=O) groups excluding carboxylic acids is 2. The van der Waals surface area contributed by atoms with Gasteiger partial charge in [0.25, 0.3) is 0 Å². The fourth-order valence-corrected chi connectivity index (χ4v) is 2.60. The Morgan fingerprint density at radius 2 is 2.17 bits per heavy atom. The van der Waals surface area contributed by atoms with Gasteiger partial charge in [0.2, 0.25) is 17.0 Å². The summed E-state index contributed by atoms with van der Waals surface area (Å²) >= 11 is 1.26. The van der Waals surface area contributed by atoms with E-state index in [0.29, 0.717) is 16.5 Å². The second-order valence-electron chi connectivity index (χ2n) is 5.27. The second-order valence-corrected chi connectivity index (χ2v) is 6.21. The van der Waals surface area contributed by atoms with Crippen molar-refractivity contribution in [3.8, 4) is 5.69 Å². The third-order valence-electron chi connectivity index (χ3n) is 3.20. The van der Waals surface area contributed by atoms with Gasteiger partial charge in [0.05, 0.1) is 11.4 Å². The van der Waals surface area contributed by atoms with Gasteiger partial charge in [-0.3, -0.25) is 9.59 Å². The van der Waals surface area contributed by atoms with Crippen LogP contribution in [0.3, 0.4) is 0 Å². The highest BCUT2D eigenvalue weighted by Gasteiger charge is 2.13. The number of rotatable bonds is 7. The number of nitrogens with one attached hydrogen (secondary N) is 2. The summed E-state index contributed by atoms with van der Waals surface area (Å²) in [6.45, 7) is 5.42. The maximum atomic E-state index is 11.9. The highest BCUT2D eigenvalue weighted by molar-refractivity contribution is 7.99. The number of tetrazole rings is 1. The first-order chi connectivity index (χ1) is 11.5. The van der Waals surface area contributed by atoms with E-state index >= 15 is 0 Å². The Bertz CT molecular complexity index is 717. The minimum absolute atomic E-state index is 0.0594. The second kappa shape index (κ2) is 8.44. The summed E-state index contributed by atoms with van der Waals surface area (Å²) in [6.07, 6.45) is 0.879. The predicted molar refractivity (Wildman–Crippen MR) is 92.1 cm³/mol. The van der Waals surface area contributed by atoms with E-state index in [1.54, 1.807) is 18.2 Å². The molecule has 2 rings (SSSR count). The highest BCUT2D eigenvalue weighted by Crippen LogP contribution is 2.20. The quantitative estimate of drug-likeness (QED) is 0.737. The lowest BCUT2D eigenvalue weighted by molar-refractivity contribution is -0.119. The molecule has 0 radical (unpaired) electrons. The largest absolute Gasteiger partial charge is 0.353 e. The molecule has 0 spiro atoms. The van der Waals surface area contributed by atoms with Crippen molar-refractivity contribution >= 4 is 29.3 Å². The van der Waals surface area contributed by atoms with Gasteiger partial charge >= 0.3 is 0 Å². The number of nitrogens with zero attached hydrogens (tertiary/aromatic N) is 4. The van der Waals surface area contributed by atoms with E-state index in [1.165, 1.54) is 23.4 Å². The molecule has 0 saturated carbocycles. The van der Waals surface area contributed by atoms with E-state index in [0.717, 1.165) is 6.42 Å². The van der Waals surface area contributed by atoms with Crippen LogP contribution in [0.1, 0.15) is 27.2 Å². The van der Waals surface area contributed by atoms with Crippen molar-refractivity contribution in [2.75, 3.05) is 11.1 Å². The number of anilines is 1. The first-order valence-electron chi connectivity index (χ1n) is 7.58. The monoisotopic (exact) mass is 348 g/mol. The van der Waals surface area contributed by atoms with Crippen LogP contribution in [0.15, 0.2) is 29.4 Å². The molecule has 1 heterocycles. The lowest BCUT2D eigenvalue weighted by atomic mass is 10.3. The molecule has 0 aliphatic heterocycles. The summed E-state index contributed by atoms with van der Waals surface area (Å²) in [5.41, 5.74) is 1.36. The third-order valence-corrected chi connectivity index (χ3v) is 4.12. The molecule has 0 aliphatic rings. The van der Waals surface area contributed by atoms with E-state index in [-0.39, 0.29) is 23.6 Å². The van der Waals surface area contributed by atoms with Gasteiger partial charge in [0.1, 0.15) is 0 Å². The number of hydrogen-bond donors (Lipinski definition) is 2. The van der Waals surface area contributed by atoms with Crippen LogP contribution in [0.4, 0.5) is 5.69 Å². The number of hydrogen-bond acceptors (Lipinski definition) is 6. The lowest BCUT2D eigenvalue weighted by Gasteiger charge is -2.11. The maximum absolute atomic E-state index is 11.9. The van der Waals surface area contributed by atoms with Crippen molar-refractivity contribution in [2.24, 2.45) is 0 Å². The van der Waals surface area contributed by atoms with Crippen LogP contribution >= 0.6 is 11.8 Å². The molecule has 0 fully saturated rings. The summed E-state index contributed by atoms with van der Waals surface area (Å²) in [5.74, 6) is 0.0203. The van der Waals surface area contributed by atoms with Gasteiger partial charge in [0, 0.05) is 18.7 Å². The number of amides is 2. The smallest absolute Gasteiger partial charge is 0.230 e. The van der Waals surface area contributed by atoms with Crippen molar-refractivity contribution in [1.82, 2.24) is 25.5 Å². The third kappa shape index (κ3) is 5.05. The van der Waals surface area contributed by atoms with Gasteiger partial charge in [-0.15, -0.1) is 5.10 Å². The fraction of sp³-hybridized carbons (Fsp3) is 0.400. The van der Waals surface area contributed by atoms with Crippen LogP contribution in [0.5, 0.6) is 0 Å². The van der Waals surface area contributed by atoms with Gasteiger partial charge in [0.15, 0.2) is 0 Å². The number of thioether (sulfide) groups is 1. The maximum Gasteiger partial charge on any atom is 0.230 e. The summed E-state index contributed by atoms with van der Waals surface area (Å²) in [6, 6.07) is 7.31. The van der Waals surface area contributed by atoms with Crippen LogP contribution in [-0.4, -0.2) is 43.8 Å². The number of carbonyl (C=O) groups is 2. The predicted octanol–water partition coefficient (Wildman–Crippen LogP) is 1.63. The zero-order valence-corrected chi connectivity index (χ0v) is 14.6. The molecule has 128 valence electrons. The van der Waals surface area contributed by atoms with Crippen LogP contribution in [-0.2, 0) is 9.59 Å². The molecule has 1 aromatic carbocycles. The van der Waals surface area contributed by atoms with Crippen LogP contribution in [0.2, 0.25) is 0 Å². The SMILES string of the molecule is CCC(C)NC(=O)CSc1nnnn1-c1cccc(NC(C)=O)c1. The van der Waals surface area contributed by atoms with Crippen molar-refractivity contribution in [2.45, 2.75) is 38.4 Å². The number of aromatic nitrogens is 4. The Hall–Kier alpha value is -2.42. The molecule has 2 aromatic rings. The molecule has 2 N–H and O–H groups in total. The van der Waals surface area contributed by atoms with Gasteiger partial charge in [-0.2, -0.15) is 4.68 Å². The first kappa shape index (κ1) is 17.9. The van der Waals surface area contributed by atoms with Crippen molar-refractivity contribution < 1.29 is 9.59 Å². The standard InChI is InChI=1S/C15H20N6O2S/c1-4-10(2)16-14(23)9-24-15-18-19-20-21(15)13-7-5-6-12(8-13)17-11(3)22/h5-8,10H,4,9H2,1-3H3,(H,16,23)(H,17,22). The molecular weight excluding hydrogens is 328 g/mol. The highest BCUT2D eigenvalue weighted by atomic mass is 32.2. The Morgan fingerprint density at radius 3 is 2.88 bits per heavy atom. The van der Waals surface area contributed by atoms with Crippen molar-refractivity contribution in [3.05, 3.63) is 24.3 Å². The van der Waals surface area contributed by atoms with Crippen molar-refractivity contribution in [1.29, 1.82) is 0 Å². The Balaban J connectivity index is 2.07. The Labute approximate surface area is 144 Å². The number of benzene rings is 1. The molecule has 0 aliphatic carbocycles. The Kier molecular flexibility index (Phi) is 6.30. The van der Waals surface area contributed by atoms with Crippen LogP contribution < -0.4 is 10.6 Å². The molecular formula is C15H20N6O2S.